The molecule has 0 bridgehead atoms. The minimum Gasteiger partial charge on any atom is -0.508 e. The number of phenols is 1. The van der Waals surface area contributed by atoms with Crippen LogP contribution in [0.5, 0.6) is 11.5 Å². The lowest BCUT2D eigenvalue weighted by Crippen LogP contribution is -2.28. The molecular weight excluding hydrogens is 230 g/mol. The van der Waals surface area contributed by atoms with Gasteiger partial charge in [-0.1, -0.05) is 0 Å². The normalized spacial score (nSPS) is 18.4. The van der Waals surface area contributed by atoms with Gasteiger partial charge in [0.15, 0.2) is 0 Å². The molecule has 2 rings (SSSR count). The van der Waals surface area contributed by atoms with Gasteiger partial charge in [-0.15, -0.1) is 0 Å². The molecule has 0 spiro atoms. The van der Waals surface area contributed by atoms with Crippen LogP contribution in [0.15, 0.2) is 18.2 Å². The first-order chi connectivity index (χ1) is 8.60. The van der Waals surface area contributed by atoms with Gasteiger partial charge >= 0.3 is 0 Å². The van der Waals surface area contributed by atoms with Crippen molar-refractivity contribution in [2.75, 3.05) is 20.3 Å². The first kappa shape index (κ1) is 13.2. The number of benzene rings is 1. The van der Waals surface area contributed by atoms with Crippen molar-refractivity contribution in [3.05, 3.63) is 23.8 Å². The monoisotopic (exact) mass is 251 g/mol. The average Bonchev–Trinajstić information content (AvgIpc) is 3.17. The van der Waals surface area contributed by atoms with Gasteiger partial charge in [-0.2, -0.15) is 0 Å². The number of aliphatic hydroxyl groups excluding tert-OH is 1. The molecule has 1 atom stereocenters. The predicted octanol–water partition coefficient (Wildman–Crippen LogP) is 1.82. The maximum Gasteiger partial charge on any atom is 0.120 e. The van der Waals surface area contributed by atoms with E-state index in [0.29, 0.717) is 0 Å². The topological polar surface area (TPSA) is 61.7 Å². The third kappa shape index (κ3) is 2.76. The van der Waals surface area contributed by atoms with Gasteiger partial charge in [0, 0.05) is 30.2 Å². The molecule has 1 fully saturated rings. The Morgan fingerprint density at radius 3 is 2.72 bits per heavy atom. The van der Waals surface area contributed by atoms with Crippen LogP contribution in [-0.4, -0.2) is 30.5 Å². The largest absolute Gasteiger partial charge is 0.508 e. The Morgan fingerprint density at radius 1 is 1.44 bits per heavy atom. The van der Waals surface area contributed by atoms with Gasteiger partial charge < -0.3 is 20.3 Å². The van der Waals surface area contributed by atoms with Crippen LogP contribution in [0.4, 0.5) is 0 Å². The molecule has 0 amide bonds. The molecule has 0 radical (unpaired) electrons. The number of nitrogens with one attached hydrogen (secondary N) is 1. The molecule has 18 heavy (non-hydrogen) atoms. The lowest BCUT2D eigenvalue weighted by atomic mass is 10.0. The number of methoxy groups -OCH3 is 1. The zero-order chi connectivity index (χ0) is 13.2. The zero-order valence-electron chi connectivity index (χ0n) is 10.9. The van der Waals surface area contributed by atoms with Crippen molar-refractivity contribution < 1.29 is 14.9 Å². The second-order valence-electron chi connectivity index (χ2n) is 5.19. The SMILES string of the molecule is COc1ccc(O)c(C(C)NCC2(CO)CC2)c1. The van der Waals surface area contributed by atoms with Gasteiger partial charge in [0.1, 0.15) is 11.5 Å². The molecule has 0 heterocycles. The molecule has 1 aromatic carbocycles. The smallest absolute Gasteiger partial charge is 0.120 e. The summed E-state index contributed by atoms with van der Waals surface area (Å²) in [5, 5.41) is 22.5. The highest BCUT2D eigenvalue weighted by molar-refractivity contribution is 5.41. The molecule has 4 nitrogen and oxygen atoms in total. The summed E-state index contributed by atoms with van der Waals surface area (Å²) >= 11 is 0. The van der Waals surface area contributed by atoms with E-state index in [1.807, 2.05) is 13.0 Å². The fourth-order valence-corrected chi connectivity index (χ4v) is 2.05. The van der Waals surface area contributed by atoms with Crippen LogP contribution in [0.2, 0.25) is 0 Å². The molecule has 1 unspecified atom stereocenters. The number of rotatable bonds is 6. The van der Waals surface area contributed by atoms with E-state index in [-0.39, 0.29) is 23.8 Å². The van der Waals surface area contributed by atoms with Gasteiger partial charge in [-0.25, -0.2) is 0 Å². The Labute approximate surface area is 108 Å². The number of ether oxygens (including phenoxy) is 1. The zero-order valence-corrected chi connectivity index (χ0v) is 10.9. The van der Waals surface area contributed by atoms with Gasteiger partial charge in [0.05, 0.1) is 7.11 Å². The van der Waals surface area contributed by atoms with Crippen molar-refractivity contribution in [1.29, 1.82) is 0 Å². The summed E-state index contributed by atoms with van der Waals surface area (Å²) in [4.78, 5) is 0. The van der Waals surface area contributed by atoms with Crippen molar-refractivity contribution in [3.8, 4) is 11.5 Å². The van der Waals surface area contributed by atoms with Gasteiger partial charge in [-0.3, -0.25) is 0 Å². The Bertz CT molecular complexity index is 416. The van der Waals surface area contributed by atoms with E-state index >= 15 is 0 Å². The summed E-state index contributed by atoms with van der Waals surface area (Å²) in [6.07, 6.45) is 2.15. The van der Waals surface area contributed by atoms with E-state index < -0.39 is 0 Å². The molecule has 0 aliphatic heterocycles. The molecule has 1 saturated carbocycles. The van der Waals surface area contributed by atoms with Crippen molar-refractivity contribution in [2.45, 2.75) is 25.8 Å². The van der Waals surface area contributed by atoms with Crippen LogP contribution in [0.1, 0.15) is 31.4 Å². The molecule has 1 aliphatic rings. The number of hydrogen-bond acceptors (Lipinski definition) is 4. The Balaban J connectivity index is 2.01. The molecule has 3 N–H and O–H groups in total. The minimum absolute atomic E-state index is 0.0316. The summed E-state index contributed by atoms with van der Waals surface area (Å²) in [6.45, 7) is 3.01. The van der Waals surface area contributed by atoms with Crippen LogP contribution >= 0.6 is 0 Å². The molecule has 0 aromatic heterocycles. The van der Waals surface area contributed by atoms with E-state index in [1.165, 1.54) is 0 Å². The first-order valence-electron chi connectivity index (χ1n) is 6.31. The van der Waals surface area contributed by atoms with E-state index in [4.69, 9.17) is 4.74 Å². The molecule has 1 aromatic rings. The van der Waals surface area contributed by atoms with E-state index in [9.17, 15) is 10.2 Å². The maximum absolute atomic E-state index is 9.86. The summed E-state index contributed by atoms with van der Waals surface area (Å²) in [5.74, 6) is 1.00. The quantitative estimate of drug-likeness (QED) is 0.722. The minimum atomic E-state index is 0.0316. The number of aliphatic hydroxyl groups is 1. The summed E-state index contributed by atoms with van der Waals surface area (Å²) in [6, 6.07) is 5.25. The second-order valence-corrected chi connectivity index (χ2v) is 5.19. The van der Waals surface area contributed by atoms with E-state index in [1.54, 1.807) is 19.2 Å². The highest BCUT2D eigenvalue weighted by Gasteiger charge is 2.41. The van der Waals surface area contributed by atoms with E-state index in [2.05, 4.69) is 5.32 Å². The standard InChI is InChI=1S/C14H21NO3/c1-10(15-8-14(9-16)5-6-14)12-7-11(18-2)3-4-13(12)17/h3-4,7,10,15-17H,5-6,8-9H2,1-2H3. The summed E-state index contributed by atoms with van der Waals surface area (Å²) in [5.41, 5.74) is 0.894. The molecule has 100 valence electrons. The first-order valence-corrected chi connectivity index (χ1v) is 6.31. The van der Waals surface area contributed by atoms with Crippen LogP contribution in [-0.2, 0) is 0 Å². The van der Waals surface area contributed by atoms with Crippen molar-refractivity contribution in [2.24, 2.45) is 5.41 Å². The highest BCUT2D eigenvalue weighted by atomic mass is 16.5. The van der Waals surface area contributed by atoms with Crippen molar-refractivity contribution in [1.82, 2.24) is 5.32 Å². The Hall–Kier alpha value is -1.26. The van der Waals surface area contributed by atoms with Gasteiger partial charge in [0.2, 0.25) is 0 Å². The number of phenolic OH excluding ortho intramolecular Hbond substituents is 1. The summed E-state index contributed by atoms with van der Waals surface area (Å²) < 4.78 is 5.16. The average molecular weight is 251 g/mol. The van der Waals surface area contributed by atoms with Gasteiger partial charge in [0.25, 0.3) is 0 Å². The Kier molecular flexibility index (Phi) is 3.78. The van der Waals surface area contributed by atoms with Crippen LogP contribution in [0, 0.1) is 5.41 Å². The predicted molar refractivity (Wildman–Crippen MR) is 69.8 cm³/mol. The van der Waals surface area contributed by atoms with Crippen molar-refractivity contribution >= 4 is 0 Å². The summed E-state index contributed by atoms with van der Waals surface area (Å²) in [7, 11) is 1.61. The number of aromatic hydroxyl groups is 1. The Morgan fingerprint density at radius 2 is 2.17 bits per heavy atom. The molecule has 4 heteroatoms. The van der Waals surface area contributed by atoms with E-state index in [0.717, 1.165) is 30.7 Å². The lowest BCUT2D eigenvalue weighted by Gasteiger charge is -2.20. The third-order valence-electron chi connectivity index (χ3n) is 3.78. The fourth-order valence-electron chi connectivity index (χ4n) is 2.05. The van der Waals surface area contributed by atoms with Crippen LogP contribution < -0.4 is 10.1 Å². The van der Waals surface area contributed by atoms with Crippen molar-refractivity contribution in [3.63, 3.8) is 0 Å². The lowest BCUT2D eigenvalue weighted by molar-refractivity contribution is 0.204. The van der Waals surface area contributed by atoms with Crippen LogP contribution in [0.3, 0.4) is 0 Å². The fraction of sp³-hybridized carbons (Fsp3) is 0.571. The van der Waals surface area contributed by atoms with Gasteiger partial charge in [-0.05, 0) is 38.0 Å². The second kappa shape index (κ2) is 5.16. The number of hydrogen-bond donors (Lipinski definition) is 3. The molecule has 1 aliphatic carbocycles. The molecule has 0 saturated heterocycles. The maximum atomic E-state index is 9.86. The molecular formula is C14H21NO3. The van der Waals surface area contributed by atoms with Crippen LogP contribution in [0.25, 0.3) is 0 Å². The third-order valence-corrected chi connectivity index (χ3v) is 3.78. The highest BCUT2D eigenvalue weighted by Crippen LogP contribution is 2.44.